The molecule has 2 atom stereocenters. The molecule has 0 spiro atoms. The molecule has 0 aliphatic rings. The minimum Gasteiger partial charge on any atom is -0.417 e. The Labute approximate surface area is 185 Å². The SMILES string of the molecule is CC[C@H](O)[C@@H](CCO[Si](C)(C)C(C)(C)C)N(Cc1ccccc1)Cc1ccccc1. The molecule has 2 aromatic rings. The number of nitrogens with zero attached hydrogens (tertiary/aromatic N) is 1. The van der Waals surface area contributed by atoms with Crippen LogP contribution in [0.3, 0.4) is 0 Å². The standard InChI is InChI=1S/C26H41NO2Si/c1-7-25(28)24(18-19-29-30(5,6)26(2,3)4)27(20-22-14-10-8-11-15-22)21-23-16-12-9-13-17-23/h8-17,24-25,28H,7,18-21H2,1-6H3/t24-,25+/m1/s1. The summed E-state index contributed by atoms with van der Waals surface area (Å²) in [7, 11) is -1.80. The molecule has 2 rings (SSSR count). The molecule has 0 saturated carbocycles. The maximum absolute atomic E-state index is 10.9. The van der Waals surface area contributed by atoms with Crippen molar-refractivity contribution in [2.24, 2.45) is 0 Å². The van der Waals surface area contributed by atoms with Crippen LogP contribution in [0.2, 0.25) is 18.1 Å². The third-order valence-electron chi connectivity index (χ3n) is 6.47. The van der Waals surface area contributed by atoms with E-state index in [0.717, 1.165) is 25.9 Å². The lowest BCUT2D eigenvalue weighted by Gasteiger charge is -2.38. The van der Waals surface area contributed by atoms with Gasteiger partial charge in [0.1, 0.15) is 0 Å². The van der Waals surface area contributed by atoms with Gasteiger partial charge in [-0.2, -0.15) is 0 Å². The van der Waals surface area contributed by atoms with E-state index in [-0.39, 0.29) is 17.2 Å². The van der Waals surface area contributed by atoms with Crippen LogP contribution in [-0.4, -0.2) is 37.1 Å². The van der Waals surface area contributed by atoms with Crippen LogP contribution < -0.4 is 0 Å². The number of aliphatic hydroxyl groups excluding tert-OH is 1. The highest BCUT2D eigenvalue weighted by atomic mass is 28.4. The van der Waals surface area contributed by atoms with Crippen molar-refractivity contribution in [3.63, 3.8) is 0 Å². The average Bonchev–Trinajstić information content (AvgIpc) is 2.71. The van der Waals surface area contributed by atoms with E-state index in [1.807, 2.05) is 0 Å². The van der Waals surface area contributed by atoms with Crippen molar-refractivity contribution in [2.45, 2.75) is 83.9 Å². The Kier molecular flexibility index (Phi) is 9.29. The second kappa shape index (κ2) is 11.2. The Balaban J connectivity index is 2.19. The number of rotatable bonds is 11. The Hall–Kier alpha value is -1.46. The van der Waals surface area contributed by atoms with E-state index in [1.54, 1.807) is 0 Å². The second-order valence-corrected chi connectivity index (χ2v) is 14.6. The molecule has 4 heteroatoms. The van der Waals surface area contributed by atoms with Crippen molar-refractivity contribution < 1.29 is 9.53 Å². The summed E-state index contributed by atoms with van der Waals surface area (Å²) in [5.41, 5.74) is 2.54. The summed E-state index contributed by atoms with van der Waals surface area (Å²) in [6.45, 7) is 15.8. The van der Waals surface area contributed by atoms with Crippen LogP contribution in [0.5, 0.6) is 0 Å². The molecular formula is C26H41NO2Si. The summed E-state index contributed by atoms with van der Waals surface area (Å²) in [5.74, 6) is 0. The molecule has 0 amide bonds. The summed E-state index contributed by atoms with van der Waals surface area (Å²) >= 11 is 0. The second-order valence-electron chi connectivity index (χ2n) is 9.82. The summed E-state index contributed by atoms with van der Waals surface area (Å²) in [6, 6.07) is 21.2. The molecule has 0 fully saturated rings. The van der Waals surface area contributed by atoms with Crippen molar-refractivity contribution in [1.82, 2.24) is 4.90 Å². The first-order valence-corrected chi connectivity index (χ1v) is 14.2. The van der Waals surface area contributed by atoms with Crippen molar-refractivity contribution >= 4 is 8.32 Å². The zero-order chi connectivity index (χ0) is 22.2. The van der Waals surface area contributed by atoms with Gasteiger partial charge in [0.2, 0.25) is 0 Å². The summed E-state index contributed by atoms with van der Waals surface area (Å²) in [5, 5.41) is 11.1. The third kappa shape index (κ3) is 7.35. The first-order valence-electron chi connectivity index (χ1n) is 11.3. The first kappa shape index (κ1) is 24.8. The van der Waals surface area contributed by atoms with E-state index in [2.05, 4.69) is 106 Å². The lowest BCUT2D eigenvalue weighted by molar-refractivity contribution is 0.0242. The molecule has 0 heterocycles. The molecule has 3 nitrogen and oxygen atoms in total. The molecule has 2 aromatic carbocycles. The molecule has 1 N–H and O–H groups in total. The lowest BCUT2D eigenvalue weighted by Crippen LogP contribution is -2.45. The van der Waals surface area contributed by atoms with E-state index in [4.69, 9.17) is 4.43 Å². The largest absolute Gasteiger partial charge is 0.417 e. The Morgan fingerprint density at radius 1 is 0.900 bits per heavy atom. The zero-order valence-electron chi connectivity index (χ0n) is 19.8. The molecule has 0 aromatic heterocycles. The van der Waals surface area contributed by atoms with Crippen LogP contribution in [0.4, 0.5) is 0 Å². The normalized spacial score (nSPS) is 14.7. The predicted octanol–water partition coefficient (Wildman–Crippen LogP) is 6.24. The highest BCUT2D eigenvalue weighted by molar-refractivity contribution is 6.74. The Morgan fingerprint density at radius 2 is 1.37 bits per heavy atom. The van der Waals surface area contributed by atoms with Gasteiger partial charge < -0.3 is 9.53 Å². The van der Waals surface area contributed by atoms with Crippen LogP contribution in [0.1, 0.15) is 51.7 Å². The van der Waals surface area contributed by atoms with Gasteiger partial charge in [0.05, 0.1) is 6.10 Å². The highest BCUT2D eigenvalue weighted by Gasteiger charge is 2.37. The zero-order valence-corrected chi connectivity index (χ0v) is 20.8. The van der Waals surface area contributed by atoms with Crippen LogP contribution >= 0.6 is 0 Å². The predicted molar refractivity (Wildman–Crippen MR) is 130 cm³/mol. The average molecular weight is 428 g/mol. The van der Waals surface area contributed by atoms with Crippen molar-refractivity contribution in [1.29, 1.82) is 0 Å². The quantitative estimate of drug-likeness (QED) is 0.431. The van der Waals surface area contributed by atoms with Gasteiger partial charge >= 0.3 is 0 Å². The Bertz CT molecular complexity index is 686. The number of hydrogen-bond donors (Lipinski definition) is 1. The smallest absolute Gasteiger partial charge is 0.191 e. The van der Waals surface area contributed by atoms with Gasteiger partial charge in [0, 0.05) is 25.7 Å². The van der Waals surface area contributed by atoms with Gasteiger partial charge in [-0.3, -0.25) is 4.90 Å². The molecule has 0 radical (unpaired) electrons. The summed E-state index contributed by atoms with van der Waals surface area (Å²) < 4.78 is 6.47. The lowest BCUT2D eigenvalue weighted by atomic mass is 10.0. The minimum atomic E-state index is -1.80. The molecule has 166 valence electrons. The van der Waals surface area contributed by atoms with E-state index in [0.29, 0.717) is 6.61 Å². The van der Waals surface area contributed by atoms with Crippen molar-refractivity contribution in [2.75, 3.05) is 6.61 Å². The van der Waals surface area contributed by atoms with Crippen molar-refractivity contribution in [3.8, 4) is 0 Å². The molecular weight excluding hydrogens is 386 g/mol. The number of hydrogen-bond acceptors (Lipinski definition) is 3. The van der Waals surface area contributed by atoms with Gasteiger partial charge in [-0.25, -0.2) is 0 Å². The van der Waals surface area contributed by atoms with E-state index >= 15 is 0 Å². The van der Waals surface area contributed by atoms with Gasteiger partial charge in [-0.1, -0.05) is 88.4 Å². The molecule has 0 saturated heterocycles. The van der Waals surface area contributed by atoms with Gasteiger partial charge in [0.15, 0.2) is 8.32 Å². The third-order valence-corrected chi connectivity index (χ3v) is 11.0. The monoisotopic (exact) mass is 427 g/mol. The summed E-state index contributed by atoms with van der Waals surface area (Å²) in [4.78, 5) is 2.42. The number of benzene rings is 2. The van der Waals surface area contributed by atoms with E-state index in [1.165, 1.54) is 11.1 Å². The molecule has 30 heavy (non-hydrogen) atoms. The van der Waals surface area contributed by atoms with Crippen LogP contribution in [-0.2, 0) is 17.5 Å². The van der Waals surface area contributed by atoms with Gasteiger partial charge in [0.25, 0.3) is 0 Å². The van der Waals surface area contributed by atoms with E-state index < -0.39 is 8.32 Å². The Morgan fingerprint density at radius 3 is 1.77 bits per heavy atom. The number of aliphatic hydroxyl groups is 1. The maximum atomic E-state index is 10.9. The highest BCUT2D eigenvalue weighted by Crippen LogP contribution is 2.36. The molecule has 0 unspecified atom stereocenters. The fourth-order valence-electron chi connectivity index (χ4n) is 3.47. The molecule has 0 aliphatic heterocycles. The molecule has 0 bridgehead atoms. The maximum Gasteiger partial charge on any atom is 0.191 e. The van der Waals surface area contributed by atoms with Crippen LogP contribution in [0, 0.1) is 0 Å². The van der Waals surface area contributed by atoms with E-state index in [9.17, 15) is 5.11 Å². The first-order chi connectivity index (χ1) is 14.1. The van der Waals surface area contributed by atoms with Crippen LogP contribution in [0.25, 0.3) is 0 Å². The fourth-order valence-corrected chi connectivity index (χ4v) is 4.53. The fraction of sp³-hybridized carbons (Fsp3) is 0.538. The van der Waals surface area contributed by atoms with Gasteiger partial charge in [-0.05, 0) is 42.1 Å². The summed E-state index contributed by atoms with van der Waals surface area (Å²) in [6.07, 6.45) is 1.20. The van der Waals surface area contributed by atoms with Gasteiger partial charge in [-0.15, -0.1) is 0 Å². The minimum absolute atomic E-state index is 0.0557. The van der Waals surface area contributed by atoms with Crippen molar-refractivity contribution in [3.05, 3.63) is 71.8 Å². The molecule has 0 aliphatic carbocycles. The van der Waals surface area contributed by atoms with Crippen LogP contribution in [0.15, 0.2) is 60.7 Å². The topological polar surface area (TPSA) is 32.7 Å².